The van der Waals surface area contributed by atoms with Crippen molar-refractivity contribution < 1.29 is 8.42 Å². The van der Waals surface area contributed by atoms with Gasteiger partial charge >= 0.3 is 0 Å². The summed E-state index contributed by atoms with van der Waals surface area (Å²) in [5, 5.41) is 5.08. The van der Waals surface area contributed by atoms with Crippen LogP contribution in [0, 0.1) is 5.92 Å². The molecule has 0 amide bonds. The van der Waals surface area contributed by atoms with Crippen molar-refractivity contribution in [3.8, 4) is 0 Å². The van der Waals surface area contributed by atoms with Gasteiger partial charge in [0, 0.05) is 11.9 Å². The summed E-state index contributed by atoms with van der Waals surface area (Å²) < 4.78 is 27.9. The fraction of sp³-hybridized carbons (Fsp3) is 0.412. The minimum atomic E-state index is -3.46. The summed E-state index contributed by atoms with van der Waals surface area (Å²) in [5.41, 5.74) is 0. The number of hydrogen-bond acceptors (Lipinski definition) is 3. The predicted octanol–water partition coefficient (Wildman–Crippen LogP) is 2.51. The second kappa shape index (κ2) is 6.77. The van der Waals surface area contributed by atoms with E-state index in [0.29, 0.717) is 17.4 Å². The highest BCUT2D eigenvalue weighted by Gasteiger charge is 2.18. The normalized spacial score (nSPS) is 19.4. The molecule has 2 aromatic rings. The minimum Gasteiger partial charge on any atom is -0.316 e. The van der Waals surface area contributed by atoms with E-state index in [0.717, 1.165) is 30.3 Å². The van der Waals surface area contributed by atoms with Crippen LogP contribution in [0.1, 0.15) is 19.3 Å². The topological polar surface area (TPSA) is 58.2 Å². The summed E-state index contributed by atoms with van der Waals surface area (Å²) >= 11 is 0. The molecule has 1 fully saturated rings. The standard InChI is InChI=1S/C17H22N2O2S/c20-22(21,19-12-10-14-5-4-11-18-13-14)17-9-3-7-15-6-1-2-8-16(15)17/h1-3,6-9,14,18-19H,4-5,10-13H2. The van der Waals surface area contributed by atoms with Gasteiger partial charge in [-0.2, -0.15) is 0 Å². The third kappa shape index (κ3) is 3.48. The van der Waals surface area contributed by atoms with Crippen LogP contribution in [0.2, 0.25) is 0 Å². The van der Waals surface area contributed by atoms with Gasteiger partial charge in [-0.25, -0.2) is 13.1 Å². The molecular weight excluding hydrogens is 296 g/mol. The van der Waals surface area contributed by atoms with E-state index < -0.39 is 10.0 Å². The van der Waals surface area contributed by atoms with Crippen LogP contribution in [0.15, 0.2) is 47.4 Å². The zero-order valence-corrected chi connectivity index (χ0v) is 13.4. The van der Waals surface area contributed by atoms with Gasteiger partial charge in [0.25, 0.3) is 0 Å². The van der Waals surface area contributed by atoms with Gasteiger partial charge in [0.05, 0.1) is 4.90 Å². The molecule has 1 unspecified atom stereocenters. The Morgan fingerprint density at radius 3 is 2.77 bits per heavy atom. The molecule has 1 heterocycles. The predicted molar refractivity (Wildman–Crippen MR) is 89.3 cm³/mol. The van der Waals surface area contributed by atoms with E-state index in [1.807, 2.05) is 30.3 Å². The van der Waals surface area contributed by atoms with Crippen molar-refractivity contribution in [1.82, 2.24) is 10.0 Å². The lowest BCUT2D eigenvalue weighted by atomic mass is 9.96. The van der Waals surface area contributed by atoms with Gasteiger partial charge < -0.3 is 5.32 Å². The molecule has 1 aliphatic heterocycles. The van der Waals surface area contributed by atoms with Gasteiger partial charge in [-0.3, -0.25) is 0 Å². The second-order valence-corrected chi connectivity index (χ2v) is 7.61. The van der Waals surface area contributed by atoms with Gasteiger partial charge in [-0.05, 0) is 49.7 Å². The van der Waals surface area contributed by atoms with Crippen molar-refractivity contribution in [2.75, 3.05) is 19.6 Å². The molecule has 22 heavy (non-hydrogen) atoms. The summed E-state index contributed by atoms with van der Waals surface area (Å²) in [5.74, 6) is 0.573. The summed E-state index contributed by atoms with van der Waals surface area (Å²) in [4.78, 5) is 0.368. The van der Waals surface area contributed by atoms with Gasteiger partial charge in [0.1, 0.15) is 0 Å². The number of sulfonamides is 1. The second-order valence-electron chi connectivity index (χ2n) is 5.88. The average molecular weight is 318 g/mol. The number of hydrogen-bond donors (Lipinski definition) is 2. The Balaban J connectivity index is 1.71. The minimum absolute atomic E-state index is 0.368. The van der Waals surface area contributed by atoms with Crippen LogP contribution in [0.3, 0.4) is 0 Å². The van der Waals surface area contributed by atoms with Crippen molar-refractivity contribution in [3.05, 3.63) is 42.5 Å². The molecule has 0 bridgehead atoms. The Morgan fingerprint density at radius 2 is 1.95 bits per heavy atom. The molecule has 0 spiro atoms. The van der Waals surface area contributed by atoms with Gasteiger partial charge in [-0.15, -0.1) is 0 Å². The van der Waals surface area contributed by atoms with Crippen molar-refractivity contribution in [3.63, 3.8) is 0 Å². The molecule has 118 valence electrons. The first-order valence-corrected chi connectivity index (χ1v) is 9.33. The Labute approximate surface area is 132 Å². The van der Waals surface area contributed by atoms with Crippen molar-refractivity contribution in [1.29, 1.82) is 0 Å². The van der Waals surface area contributed by atoms with Crippen LogP contribution in [-0.2, 0) is 10.0 Å². The van der Waals surface area contributed by atoms with E-state index in [1.165, 1.54) is 12.8 Å². The van der Waals surface area contributed by atoms with E-state index in [4.69, 9.17) is 0 Å². The van der Waals surface area contributed by atoms with E-state index >= 15 is 0 Å². The van der Waals surface area contributed by atoms with Crippen LogP contribution in [-0.4, -0.2) is 28.1 Å². The first kappa shape index (κ1) is 15.5. The summed E-state index contributed by atoms with van der Waals surface area (Å²) in [6.07, 6.45) is 3.25. The largest absolute Gasteiger partial charge is 0.316 e. The third-order valence-corrected chi connectivity index (χ3v) is 5.80. The highest BCUT2D eigenvalue weighted by molar-refractivity contribution is 7.89. The Hall–Kier alpha value is -1.43. The highest BCUT2D eigenvalue weighted by Crippen LogP contribution is 2.22. The van der Waals surface area contributed by atoms with Crippen LogP contribution >= 0.6 is 0 Å². The maximum absolute atomic E-state index is 12.6. The summed E-state index contributed by atoms with van der Waals surface area (Å²) in [7, 11) is -3.46. The lowest BCUT2D eigenvalue weighted by molar-refractivity contribution is 0.358. The first-order chi connectivity index (χ1) is 10.7. The molecule has 0 radical (unpaired) electrons. The fourth-order valence-corrected chi connectivity index (χ4v) is 4.35. The number of benzene rings is 2. The number of piperidine rings is 1. The van der Waals surface area contributed by atoms with Crippen LogP contribution < -0.4 is 10.0 Å². The van der Waals surface area contributed by atoms with Gasteiger partial charge in [0.2, 0.25) is 10.0 Å². The molecule has 3 rings (SSSR count). The van der Waals surface area contributed by atoms with E-state index in [-0.39, 0.29) is 0 Å². The van der Waals surface area contributed by atoms with Crippen molar-refractivity contribution in [2.45, 2.75) is 24.2 Å². The van der Waals surface area contributed by atoms with Crippen molar-refractivity contribution in [2.24, 2.45) is 5.92 Å². The quantitative estimate of drug-likeness (QED) is 0.890. The van der Waals surface area contributed by atoms with E-state index in [2.05, 4.69) is 10.0 Å². The number of rotatable bonds is 5. The molecular formula is C17H22N2O2S. The highest BCUT2D eigenvalue weighted by atomic mass is 32.2. The molecule has 1 aliphatic rings. The molecule has 2 aromatic carbocycles. The Kier molecular flexibility index (Phi) is 4.76. The Bertz CT molecular complexity index is 732. The lowest BCUT2D eigenvalue weighted by Gasteiger charge is -2.22. The smallest absolute Gasteiger partial charge is 0.241 e. The molecule has 4 nitrogen and oxygen atoms in total. The fourth-order valence-electron chi connectivity index (χ4n) is 3.08. The molecule has 1 saturated heterocycles. The molecule has 0 aliphatic carbocycles. The molecule has 1 atom stereocenters. The molecule has 2 N–H and O–H groups in total. The lowest BCUT2D eigenvalue weighted by Crippen LogP contribution is -2.33. The van der Waals surface area contributed by atoms with E-state index in [1.54, 1.807) is 12.1 Å². The van der Waals surface area contributed by atoms with E-state index in [9.17, 15) is 8.42 Å². The maximum atomic E-state index is 12.6. The first-order valence-electron chi connectivity index (χ1n) is 7.85. The van der Waals surface area contributed by atoms with Gasteiger partial charge in [0.15, 0.2) is 0 Å². The number of fused-ring (bicyclic) bond motifs is 1. The summed E-state index contributed by atoms with van der Waals surface area (Å²) in [6, 6.07) is 13.0. The monoisotopic (exact) mass is 318 g/mol. The van der Waals surface area contributed by atoms with Crippen molar-refractivity contribution >= 4 is 20.8 Å². The zero-order valence-electron chi connectivity index (χ0n) is 12.6. The molecule has 0 aromatic heterocycles. The van der Waals surface area contributed by atoms with Gasteiger partial charge in [-0.1, -0.05) is 36.4 Å². The van der Waals surface area contributed by atoms with Crippen LogP contribution in [0.5, 0.6) is 0 Å². The molecule has 0 saturated carbocycles. The number of nitrogens with one attached hydrogen (secondary N) is 2. The zero-order chi connectivity index (χ0) is 15.4. The Morgan fingerprint density at radius 1 is 1.14 bits per heavy atom. The third-order valence-electron chi connectivity index (χ3n) is 4.28. The van der Waals surface area contributed by atoms with Crippen LogP contribution in [0.4, 0.5) is 0 Å². The average Bonchev–Trinajstić information content (AvgIpc) is 2.55. The maximum Gasteiger partial charge on any atom is 0.241 e. The molecule has 5 heteroatoms. The van der Waals surface area contributed by atoms with Crippen LogP contribution in [0.25, 0.3) is 10.8 Å². The summed E-state index contributed by atoms with van der Waals surface area (Å²) in [6.45, 7) is 2.58. The SMILES string of the molecule is O=S(=O)(NCCC1CCCNC1)c1cccc2ccccc12.